The van der Waals surface area contributed by atoms with Crippen molar-refractivity contribution < 1.29 is 13.6 Å². The molecule has 0 radical (unpaired) electrons. The average molecular weight is 455 g/mol. The number of aromatic nitrogens is 1. The predicted octanol–water partition coefficient (Wildman–Crippen LogP) is 7.37. The smallest absolute Gasteiger partial charge is 0.248 e. The number of nitrogens with one attached hydrogen (secondary N) is 1. The van der Waals surface area contributed by atoms with Gasteiger partial charge < -0.3 is 14.2 Å². The van der Waals surface area contributed by atoms with E-state index in [1.54, 1.807) is 6.08 Å². The second-order valence-corrected chi connectivity index (χ2v) is 7.96. The summed E-state index contributed by atoms with van der Waals surface area (Å²) in [5.41, 5.74) is 4.93. The lowest BCUT2D eigenvalue weighted by Gasteiger charge is -2.03. The van der Waals surface area contributed by atoms with Gasteiger partial charge in [0.05, 0.1) is 0 Å². The number of furan rings is 1. The molecule has 0 fully saturated rings. The molecule has 3 aromatic carbocycles. The van der Waals surface area contributed by atoms with E-state index in [4.69, 9.17) is 20.4 Å². The highest BCUT2D eigenvalue weighted by Gasteiger charge is 2.09. The van der Waals surface area contributed by atoms with E-state index in [9.17, 15) is 4.79 Å². The van der Waals surface area contributed by atoms with Gasteiger partial charge in [0.25, 0.3) is 0 Å². The SMILES string of the molecule is Cc1ccc(-c2ccc(C=CC(=O)Nc3ccc(-c4nc5ccccc5o4)cc3)o2)cc1Cl. The number of hydrogen-bond donors (Lipinski definition) is 1. The number of anilines is 1. The number of halogens is 1. The van der Waals surface area contributed by atoms with Gasteiger partial charge in [-0.3, -0.25) is 4.79 Å². The molecule has 0 spiro atoms. The van der Waals surface area contributed by atoms with Gasteiger partial charge in [-0.15, -0.1) is 0 Å². The number of para-hydroxylation sites is 2. The summed E-state index contributed by atoms with van der Waals surface area (Å²) < 4.78 is 11.6. The summed E-state index contributed by atoms with van der Waals surface area (Å²) in [5.74, 6) is 1.54. The van der Waals surface area contributed by atoms with E-state index in [0.717, 1.165) is 27.8 Å². The minimum Gasteiger partial charge on any atom is -0.457 e. The Morgan fingerprint density at radius 1 is 0.939 bits per heavy atom. The minimum absolute atomic E-state index is 0.263. The highest BCUT2D eigenvalue weighted by Crippen LogP contribution is 2.28. The molecule has 162 valence electrons. The molecule has 5 rings (SSSR count). The zero-order chi connectivity index (χ0) is 22.8. The summed E-state index contributed by atoms with van der Waals surface area (Å²) in [5, 5.41) is 3.52. The summed E-state index contributed by atoms with van der Waals surface area (Å²) >= 11 is 6.20. The zero-order valence-corrected chi connectivity index (χ0v) is 18.5. The number of hydrogen-bond acceptors (Lipinski definition) is 4. The third-order valence-electron chi connectivity index (χ3n) is 5.18. The number of oxazole rings is 1. The molecule has 33 heavy (non-hydrogen) atoms. The van der Waals surface area contributed by atoms with Crippen molar-refractivity contribution in [3.63, 3.8) is 0 Å². The molecular weight excluding hydrogens is 436 g/mol. The molecule has 5 nitrogen and oxygen atoms in total. The van der Waals surface area contributed by atoms with Gasteiger partial charge in [0.1, 0.15) is 17.0 Å². The van der Waals surface area contributed by atoms with Crippen molar-refractivity contribution in [3.05, 3.63) is 101 Å². The van der Waals surface area contributed by atoms with Crippen LogP contribution in [0.2, 0.25) is 5.02 Å². The van der Waals surface area contributed by atoms with Crippen LogP contribution in [0.5, 0.6) is 0 Å². The Morgan fingerprint density at radius 2 is 1.73 bits per heavy atom. The van der Waals surface area contributed by atoms with E-state index in [0.29, 0.717) is 28.1 Å². The van der Waals surface area contributed by atoms with Gasteiger partial charge in [0.2, 0.25) is 11.8 Å². The van der Waals surface area contributed by atoms with Gasteiger partial charge in [-0.25, -0.2) is 4.98 Å². The van der Waals surface area contributed by atoms with Crippen molar-refractivity contribution >= 4 is 40.4 Å². The number of aryl methyl sites for hydroxylation is 1. The Bertz CT molecular complexity index is 1450. The molecule has 0 aliphatic rings. The summed E-state index contributed by atoms with van der Waals surface area (Å²) in [6, 6.07) is 24.4. The number of carbonyl (C=O) groups excluding carboxylic acids is 1. The van der Waals surface area contributed by atoms with Crippen LogP contribution in [0.3, 0.4) is 0 Å². The molecule has 0 bridgehead atoms. The lowest BCUT2D eigenvalue weighted by molar-refractivity contribution is -0.111. The van der Waals surface area contributed by atoms with E-state index in [1.165, 1.54) is 6.08 Å². The monoisotopic (exact) mass is 454 g/mol. The molecule has 6 heteroatoms. The lowest BCUT2D eigenvalue weighted by atomic mass is 10.1. The molecule has 0 unspecified atom stereocenters. The van der Waals surface area contributed by atoms with Crippen LogP contribution in [-0.2, 0) is 4.79 Å². The van der Waals surface area contributed by atoms with Gasteiger partial charge in [-0.1, -0.05) is 35.9 Å². The topological polar surface area (TPSA) is 68.3 Å². The number of nitrogens with zero attached hydrogens (tertiary/aromatic N) is 1. The molecule has 2 heterocycles. The number of rotatable bonds is 5. The Labute approximate surface area is 195 Å². The van der Waals surface area contributed by atoms with E-state index in [1.807, 2.05) is 85.8 Å². The fourth-order valence-electron chi connectivity index (χ4n) is 3.38. The van der Waals surface area contributed by atoms with Crippen LogP contribution in [0.1, 0.15) is 11.3 Å². The molecule has 2 aromatic heterocycles. The van der Waals surface area contributed by atoms with Crippen molar-refractivity contribution in [2.75, 3.05) is 5.32 Å². The number of carbonyl (C=O) groups is 1. The Morgan fingerprint density at radius 3 is 2.52 bits per heavy atom. The standard InChI is InChI=1S/C27H19ClN2O3/c1-17-6-7-19(16-22(17)28)24-14-12-21(32-24)13-15-26(31)29-20-10-8-18(9-11-20)27-30-23-4-2-3-5-25(23)33-27/h2-16H,1H3,(H,29,31). The second-order valence-electron chi connectivity index (χ2n) is 7.55. The van der Waals surface area contributed by atoms with E-state index < -0.39 is 0 Å². The minimum atomic E-state index is -0.263. The number of fused-ring (bicyclic) bond motifs is 1. The maximum absolute atomic E-state index is 12.3. The third kappa shape index (κ3) is 4.59. The zero-order valence-electron chi connectivity index (χ0n) is 17.7. The van der Waals surface area contributed by atoms with Crippen LogP contribution in [0.15, 0.2) is 93.8 Å². The first-order valence-electron chi connectivity index (χ1n) is 10.4. The summed E-state index contributed by atoms with van der Waals surface area (Å²) in [4.78, 5) is 16.8. The van der Waals surface area contributed by atoms with Crippen molar-refractivity contribution in [1.29, 1.82) is 0 Å². The molecule has 1 amide bonds. The van der Waals surface area contributed by atoms with Gasteiger partial charge in [0, 0.05) is 27.9 Å². The van der Waals surface area contributed by atoms with Crippen molar-refractivity contribution in [2.45, 2.75) is 6.92 Å². The molecule has 1 N–H and O–H groups in total. The van der Waals surface area contributed by atoms with Crippen LogP contribution in [-0.4, -0.2) is 10.9 Å². The van der Waals surface area contributed by atoms with E-state index in [2.05, 4.69) is 10.3 Å². The quantitative estimate of drug-likeness (QED) is 0.281. The van der Waals surface area contributed by atoms with Gasteiger partial charge in [-0.2, -0.15) is 0 Å². The van der Waals surface area contributed by atoms with Crippen LogP contribution in [0.4, 0.5) is 5.69 Å². The molecule has 0 atom stereocenters. The lowest BCUT2D eigenvalue weighted by Crippen LogP contribution is -2.07. The molecule has 5 aromatic rings. The highest BCUT2D eigenvalue weighted by atomic mass is 35.5. The maximum atomic E-state index is 12.3. The Hall–Kier alpha value is -4.09. The highest BCUT2D eigenvalue weighted by molar-refractivity contribution is 6.31. The van der Waals surface area contributed by atoms with Crippen LogP contribution in [0, 0.1) is 6.92 Å². The van der Waals surface area contributed by atoms with E-state index in [-0.39, 0.29) is 5.91 Å². The third-order valence-corrected chi connectivity index (χ3v) is 5.58. The summed E-state index contributed by atoms with van der Waals surface area (Å²) in [7, 11) is 0. The largest absolute Gasteiger partial charge is 0.457 e. The Balaban J connectivity index is 1.23. The molecule has 0 aliphatic carbocycles. The van der Waals surface area contributed by atoms with Gasteiger partial charge >= 0.3 is 0 Å². The van der Waals surface area contributed by atoms with Gasteiger partial charge in [-0.05, 0) is 73.2 Å². The van der Waals surface area contributed by atoms with Crippen LogP contribution < -0.4 is 5.32 Å². The van der Waals surface area contributed by atoms with Crippen LogP contribution >= 0.6 is 11.6 Å². The van der Waals surface area contributed by atoms with Crippen LogP contribution in [0.25, 0.3) is 40.0 Å². The predicted molar refractivity (Wildman–Crippen MR) is 131 cm³/mol. The molecule has 0 saturated heterocycles. The molecule has 0 saturated carbocycles. The average Bonchev–Trinajstić information content (AvgIpc) is 3.47. The number of benzene rings is 3. The first kappa shape index (κ1) is 20.8. The fraction of sp³-hybridized carbons (Fsp3) is 0.0370. The van der Waals surface area contributed by atoms with Gasteiger partial charge in [0.15, 0.2) is 5.58 Å². The second kappa shape index (κ2) is 8.81. The number of amides is 1. The Kier molecular flexibility index (Phi) is 5.55. The molecule has 0 aliphatic heterocycles. The molecular formula is C27H19ClN2O3. The van der Waals surface area contributed by atoms with Crippen molar-refractivity contribution in [2.24, 2.45) is 0 Å². The van der Waals surface area contributed by atoms with Crippen molar-refractivity contribution in [1.82, 2.24) is 4.98 Å². The fourth-order valence-corrected chi connectivity index (χ4v) is 3.56. The van der Waals surface area contributed by atoms with E-state index >= 15 is 0 Å². The summed E-state index contributed by atoms with van der Waals surface area (Å²) in [6.07, 6.45) is 3.06. The van der Waals surface area contributed by atoms with Crippen molar-refractivity contribution in [3.8, 4) is 22.8 Å². The normalized spacial score (nSPS) is 11.3. The first-order valence-corrected chi connectivity index (χ1v) is 10.7. The summed E-state index contributed by atoms with van der Waals surface area (Å²) in [6.45, 7) is 1.95. The first-order chi connectivity index (χ1) is 16.0. The maximum Gasteiger partial charge on any atom is 0.248 e.